The molecule has 1 unspecified atom stereocenters. The normalized spacial score (nSPS) is 11.1. The Kier molecular flexibility index (Phi) is 2.97. The number of rotatable bonds is 2. The Balaban J connectivity index is 3.06. The molecule has 0 radical (unpaired) electrons. The van der Waals surface area contributed by atoms with Crippen molar-refractivity contribution in [3.05, 3.63) is 29.8 Å². The fourth-order valence-corrected chi connectivity index (χ4v) is 0.991. The third-order valence-electron chi connectivity index (χ3n) is 1.74. The zero-order valence-corrected chi connectivity index (χ0v) is 7.19. The summed E-state index contributed by atoms with van der Waals surface area (Å²) in [7, 11) is 0. The largest absolute Gasteiger partial charge is 0.240 e. The Morgan fingerprint density at radius 1 is 1.54 bits per heavy atom. The molecule has 0 saturated carbocycles. The molecule has 1 aromatic carbocycles. The molecule has 0 aliphatic heterocycles. The first kappa shape index (κ1) is 9.18. The molecule has 0 spiro atoms. The molecule has 13 heavy (non-hydrogen) atoms. The Hall–Kier alpha value is -1.91. The molecule has 0 amide bonds. The van der Waals surface area contributed by atoms with Crippen LogP contribution in [0.5, 0.6) is 0 Å². The second-order valence-electron chi connectivity index (χ2n) is 2.65. The molecule has 0 fully saturated rings. The first-order valence-electron chi connectivity index (χ1n) is 3.85. The molecule has 0 N–H and O–H groups in total. The van der Waals surface area contributed by atoms with Gasteiger partial charge in [-0.2, -0.15) is 10.3 Å². The van der Waals surface area contributed by atoms with Gasteiger partial charge in [-0.05, 0) is 24.6 Å². The van der Waals surface area contributed by atoms with Crippen LogP contribution in [0.4, 0.5) is 5.69 Å². The molecule has 1 rings (SSSR count). The second kappa shape index (κ2) is 4.20. The smallest absolute Gasteiger partial charge is 0.211 e. The third kappa shape index (κ3) is 2.26. The summed E-state index contributed by atoms with van der Waals surface area (Å²) in [6, 6.07) is 9.10. The lowest BCUT2D eigenvalue weighted by molar-refractivity contribution is 0.565. The van der Waals surface area contributed by atoms with Crippen molar-refractivity contribution in [2.24, 2.45) is 4.99 Å². The van der Waals surface area contributed by atoms with E-state index in [1.807, 2.05) is 6.07 Å². The van der Waals surface area contributed by atoms with Gasteiger partial charge in [0.05, 0.1) is 17.7 Å². The summed E-state index contributed by atoms with van der Waals surface area (Å²) < 4.78 is 0. The number of isocyanates is 1. The fraction of sp³-hybridized carbons (Fsp3) is 0.200. The van der Waals surface area contributed by atoms with E-state index in [4.69, 9.17) is 5.26 Å². The standard InChI is InChI=1S/C10H8N2O/c1-8(6-11)9-3-2-4-10(5-9)12-7-13/h2-5,8H,1H3. The van der Waals surface area contributed by atoms with E-state index >= 15 is 0 Å². The van der Waals surface area contributed by atoms with Gasteiger partial charge >= 0.3 is 0 Å². The van der Waals surface area contributed by atoms with Crippen LogP contribution in [0.2, 0.25) is 0 Å². The van der Waals surface area contributed by atoms with Crippen LogP contribution in [-0.4, -0.2) is 6.08 Å². The Morgan fingerprint density at radius 3 is 2.92 bits per heavy atom. The Labute approximate surface area is 76.3 Å². The molecule has 3 nitrogen and oxygen atoms in total. The van der Waals surface area contributed by atoms with Crippen molar-refractivity contribution in [2.45, 2.75) is 12.8 Å². The van der Waals surface area contributed by atoms with E-state index in [-0.39, 0.29) is 5.92 Å². The van der Waals surface area contributed by atoms with Gasteiger partial charge in [0.2, 0.25) is 6.08 Å². The quantitative estimate of drug-likeness (QED) is 0.507. The summed E-state index contributed by atoms with van der Waals surface area (Å²) in [6.45, 7) is 1.80. The van der Waals surface area contributed by atoms with Crippen LogP contribution in [-0.2, 0) is 4.79 Å². The Morgan fingerprint density at radius 2 is 2.31 bits per heavy atom. The van der Waals surface area contributed by atoms with Crippen molar-refractivity contribution < 1.29 is 4.79 Å². The fourth-order valence-electron chi connectivity index (χ4n) is 0.991. The average molecular weight is 172 g/mol. The molecule has 0 aliphatic rings. The van der Waals surface area contributed by atoms with E-state index in [0.29, 0.717) is 5.69 Å². The summed E-state index contributed by atoms with van der Waals surface area (Å²) in [5.41, 5.74) is 1.40. The SMILES string of the molecule is CC(C#N)c1cccc(N=C=O)c1. The minimum absolute atomic E-state index is 0.179. The number of hydrogen-bond acceptors (Lipinski definition) is 3. The number of nitriles is 1. The second-order valence-corrected chi connectivity index (χ2v) is 2.65. The van der Waals surface area contributed by atoms with Gasteiger partial charge < -0.3 is 0 Å². The van der Waals surface area contributed by atoms with Crippen LogP contribution < -0.4 is 0 Å². The van der Waals surface area contributed by atoms with Gasteiger partial charge in [-0.1, -0.05) is 12.1 Å². The predicted octanol–water partition coefficient (Wildman–Crippen LogP) is 2.28. The highest BCUT2D eigenvalue weighted by molar-refractivity contribution is 5.50. The van der Waals surface area contributed by atoms with Gasteiger partial charge in [0, 0.05) is 0 Å². The van der Waals surface area contributed by atoms with E-state index < -0.39 is 0 Å². The number of benzene rings is 1. The lowest BCUT2D eigenvalue weighted by atomic mass is 10.0. The molecule has 0 saturated heterocycles. The van der Waals surface area contributed by atoms with Gasteiger partial charge in [-0.25, -0.2) is 4.79 Å². The van der Waals surface area contributed by atoms with E-state index in [2.05, 4.69) is 11.1 Å². The van der Waals surface area contributed by atoms with Gasteiger partial charge in [0.1, 0.15) is 0 Å². The first-order valence-corrected chi connectivity index (χ1v) is 3.85. The van der Waals surface area contributed by atoms with Gasteiger partial charge in [-0.15, -0.1) is 0 Å². The van der Waals surface area contributed by atoms with Gasteiger partial charge in [-0.3, -0.25) is 0 Å². The van der Waals surface area contributed by atoms with Crippen molar-refractivity contribution in [3.8, 4) is 6.07 Å². The maximum Gasteiger partial charge on any atom is 0.240 e. The molecule has 0 bridgehead atoms. The molecular weight excluding hydrogens is 164 g/mol. The third-order valence-corrected chi connectivity index (χ3v) is 1.74. The summed E-state index contributed by atoms with van der Waals surface area (Å²) in [4.78, 5) is 13.4. The minimum Gasteiger partial charge on any atom is -0.211 e. The average Bonchev–Trinajstić information content (AvgIpc) is 2.18. The van der Waals surface area contributed by atoms with Crippen LogP contribution in [0.1, 0.15) is 18.4 Å². The highest BCUT2D eigenvalue weighted by Gasteiger charge is 2.03. The first-order chi connectivity index (χ1) is 6.27. The van der Waals surface area contributed by atoms with Crippen molar-refractivity contribution in [1.29, 1.82) is 5.26 Å². The van der Waals surface area contributed by atoms with E-state index in [9.17, 15) is 4.79 Å². The van der Waals surface area contributed by atoms with Crippen LogP contribution in [0.3, 0.4) is 0 Å². The molecule has 1 atom stereocenters. The summed E-state index contributed by atoms with van der Waals surface area (Å²) in [6.07, 6.45) is 1.46. The molecule has 1 aromatic rings. The topological polar surface area (TPSA) is 53.2 Å². The maximum atomic E-state index is 9.97. The molecule has 0 aliphatic carbocycles. The van der Waals surface area contributed by atoms with Gasteiger partial charge in [0.25, 0.3) is 0 Å². The Bertz CT molecular complexity index is 386. The van der Waals surface area contributed by atoms with Crippen molar-refractivity contribution in [2.75, 3.05) is 0 Å². The lowest BCUT2D eigenvalue weighted by Gasteiger charge is -2.01. The molecule has 0 aromatic heterocycles. The highest BCUT2D eigenvalue weighted by Crippen LogP contribution is 2.19. The van der Waals surface area contributed by atoms with Crippen molar-refractivity contribution in [1.82, 2.24) is 0 Å². The van der Waals surface area contributed by atoms with Crippen LogP contribution >= 0.6 is 0 Å². The number of carbonyl (C=O) groups excluding carboxylic acids is 1. The van der Waals surface area contributed by atoms with Crippen molar-refractivity contribution >= 4 is 11.8 Å². The van der Waals surface area contributed by atoms with Crippen LogP contribution in [0, 0.1) is 11.3 Å². The predicted molar refractivity (Wildman–Crippen MR) is 48.3 cm³/mol. The van der Waals surface area contributed by atoms with E-state index in [0.717, 1.165) is 5.56 Å². The monoisotopic (exact) mass is 172 g/mol. The summed E-state index contributed by atoms with van der Waals surface area (Å²) in [5, 5.41) is 8.65. The molecule has 0 heterocycles. The zero-order chi connectivity index (χ0) is 9.68. The maximum absolute atomic E-state index is 9.97. The zero-order valence-electron chi connectivity index (χ0n) is 7.19. The number of nitrogens with zero attached hydrogens (tertiary/aromatic N) is 2. The lowest BCUT2D eigenvalue weighted by Crippen LogP contribution is -1.87. The summed E-state index contributed by atoms with van der Waals surface area (Å²) >= 11 is 0. The van der Waals surface area contributed by atoms with E-state index in [1.54, 1.807) is 25.1 Å². The minimum atomic E-state index is -0.179. The molecule has 3 heteroatoms. The van der Waals surface area contributed by atoms with E-state index in [1.165, 1.54) is 6.08 Å². The summed E-state index contributed by atoms with van der Waals surface area (Å²) in [5.74, 6) is -0.179. The highest BCUT2D eigenvalue weighted by atomic mass is 16.1. The van der Waals surface area contributed by atoms with Crippen molar-refractivity contribution in [3.63, 3.8) is 0 Å². The van der Waals surface area contributed by atoms with Crippen LogP contribution in [0.15, 0.2) is 29.3 Å². The van der Waals surface area contributed by atoms with Gasteiger partial charge in [0.15, 0.2) is 0 Å². The number of aliphatic imine (C=N–C) groups is 1. The van der Waals surface area contributed by atoms with Crippen LogP contribution in [0.25, 0.3) is 0 Å². The number of hydrogen-bond donors (Lipinski definition) is 0. The molecule has 64 valence electrons. The molecular formula is C10H8N2O.